The molecule has 1 atom stereocenters. The Hall–Kier alpha value is -1.35. The van der Waals surface area contributed by atoms with E-state index in [1.165, 1.54) is 18.4 Å². The lowest BCUT2D eigenvalue weighted by Crippen LogP contribution is -2.41. The third-order valence-electron chi connectivity index (χ3n) is 4.33. The molecule has 0 spiro atoms. The van der Waals surface area contributed by atoms with Gasteiger partial charge in [-0.15, -0.1) is 12.4 Å². The Balaban J connectivity index is 0.00000176. The molecule has 2 aromatic rings. The summed E-state index contributed by atoms with van der Waals surface area (Å²) in [5, 5.41) is 11.4. The zero-order chi connectivity index (χ0) is 14.5. The molecule has 1 fully saturated rings. The average molecular weight is 318 g/mol. The minimum Gasteiger partial charge on any atom is -0.383 e. The Labute approximate surface area is 139 Å². The van der Waals surface area contributed by atoms with Crippen LogP contribution in [-0.2, 0) is 12.0 Å². The van der Waals surface area contributed by atoms with Crippen molar-refractivity contribution >= 4 is 12.4 Å². The second-order valence-electron chi connectivity index (χ2n) is 6.04. The van der Waals surface area contributed by atoms with E-state index in [1.807, 2.05) is 48.5 Å². The van der Waals surface area contributed by atoms with Crippen molar-refractivity contribution in [2.45, 2.75) is 24.9 Å². The molecule has 1 N–H and O–H groups in total. The van der Waals surface area contributed by atoms with E-state index in [2.05, 4.69) is 17.0 Å². The van der Waals surface area contributed by atoms with Crippen LogP contribution in [-0.4, -0.2) is 29.6 Å². The molecule has 1 unspecified atom stereocenters. The van der Waals surface area contributed by atoms with Crippen LogP contribution in [0.15, 0.2) is 60.7 Å². The van der Waals surface area contributed by atoms with Gasteiger partial charge in [-0.2, -0.15) is 0 Å². The van der Waals surface area contributed by atoms with Crippen LogP contribution in [0, 0.1) is 0 Å². The number of β-amino-alcohol motifs (C(OH)–C–C–N with tert-alkyl or cyclic N) is 1. The fourth-order valence-electron chi connectivity index (χ4n) is 3.24. The molecule has 0 radical (unpaired) electrons. The van der Waals surface area contributed by atoms with Crippen LogP contribution in [0.25, 0.3) is 0 Å². The Morgan fingerprint density at radius 1 is 0.864 bits per heavy atom. The number of nitrogens with zero attached hydrogens (tertiary/aromatic N) is 1. The van der Waals surface area contributed by atoms with Gasteiger partial charge in [0, 0.05) is 13.0 Å². The summed E-state index contributed by atoms with van der Waals surface area (Å²) in [6, 6.07) is 20.4. The molecular weight excluding hydrogens is 294 g/mol. The number of halogens is 1. The molecule has 3 heteroatoms. The van der Waals surface area contributed by atoms with Gasteiger partial charge in [0.15, 0.2) is 0 Å². The summed E-state index contributed by atoms with van der Waals surface area (Å²) in [7, 11) is 0. The Morgan fingerprint density at radius 3 is 2.00 bits per heavy atom. The van der Waals surface area contributed by atoms with Crippen molar-refractivity contribution in [2.24, 2.45) is 0 Å². The lowest BCUT2D eigenvalue weighted by molar-refractivity contribution is 0.00508. The SMILES string of the molecule is Cl.OC(Cc1ccccc1)(CN1CCCC1)c1ccccc1. The summed E-state index contributed by atoms with van der Waals surface area (Å²) in [6.07, 6.45) is 3.15. The maximum atomic E-state index is 11.4. The lowest BCUT2D eigenvalue weighted by atomic mass is 9.86. The first-order valence-electron chi connectivity index (χ1n) is 7.80. The molecule has 0 bridgehead atoms. The van der Waals surface area contributed by atoms with Gasteiger partial charge in [-0.3, -0.25) is 0 Å². The van der Waals surface area contributed by atoms with Crippen LogP contribution in [0.1, 0.15) is 24.0 Å². The van der Waals surface area contributed by atoms with Gasteiger partial charge in [0.05, 0.1) is 0 Å². The summed E-state index contributed by atoms with van der Waals surface area (Å²) in [6.45, 7) is 2.92. The standard InChI is InChI=1S/C19H23NO.ClH/c21-19(16-20-13-7-8-14-20,18-11-5-2-6-12-18)15-17-9-3-1-4-10-17;/h1-6,9-12,21H,7-8,13-16H2;1H. The largest absolute Gasteiger partial charge is 0.383 e. The summed E-state index contributed by atoms with van der Waals surface area (Å²) < 4.78 is 0. The molecule has 0 saturated carbocycles. The van der Waals surface area contributed by atoms with Crippen molar-refractivity contribution in [2.75, 3.05) is 19.6 Å². The van der Waals surface area contributed by atoms with E-state index >= 15 is 0 Å². The van der Waals surface area contributed by atoms with Crippen LogP contribution in [0.4, 0.5) is 0 Å². The van der Waals surface area contributed by atoms with Gasteiger partial charge < -0.3 is 10.0 Å². The lowest BCUT2D eigenvalue weighted by Gasteiger charge is -2.33. The maximum absolute atomic E-state index is 11.4. The monoisotopic (exact) mass is 317 g/mol. The molecule has 1 aliphatic rings. The zero-order valence-corrected chi connectivity index (χ0v) is 13.6. The molecule has 3 rings (SSSR count). The van der Waals surface area contributed by atoms with Gasteiger partial charge in [0.2, 0.25) is 0 Å². The molecule has 22 heavy (non-hydrogen) atoms. The van der Waals surface area contributed by atoms with Gasteiger partial charge >= 0.3 is 0 Å². The normalized spacial score (nSPS) is 17.7. The minimum atomic E-state index is -0.813. The van der Waals surface area contributed by atoms with Crippen LogP contribution < -0.4 is 0 Å². The molecule has 2 nitrogen and oxygen atoms in total. The second-order valence-corrected chi connectivity index (χ2v) is 6.04. The van der Waals surface area contributed by atoms with Crippen LogP contribution in [0.5, 0.6) is 0 Å². The van der Waals surface area contributed by atoms with Crippen LogP contribution in [0.2, 0.25) is 0 Å². The van der Waals surface area contributed by atoms with Crippen molar-refractivity contribution < 1.29 is 5.11 Å². The van der Waals surface area contributed by atoms with Crippen LogP contribution >= 0.6 is 12.4 Å². The van der Waals surface area contributed by atoms with E-state index in [0.29, 0.717) is 13.0 Å². The molecule has 0 aliphatic carbocycles. The summed E-state index contributed by atoms with van der Waals surface area (Å²) in [5.41, 5.74) is 1.39. The van der Waals surface area contributed by atoms with Crippen molar-refractivity contribution in [3.8, 4) is 0 Å². The summed E-state index contributed by atoms with van der Waals surface area (Å²) in [5.74, 6) is 0. The average Bonchev–Trinajstić information content (AvgIpc) is 3.02. The molecule has 2 aromatic carbocycles. The summed E-state index contributed by atoms with van der Waals surface area (Å²) in [4.78, 5) is 2.38. The molecule has 0 amide bonds. The number of likely N-dealkylation sites (tertiary alicyclic amines) is 1. The molecule has 118 valence electrons. The predicted molar refractivity (Wildman–Crippen MR) is 93.4 cm³/mol. The fourth-order valence-corrected chi connectivity index (χ4v) is 3.24. The van der Waals surface area contributed by atoms with Gasteiger partial charge in [0.1, 0.15) is 5.60 Å². The highest BCUT2D eigenvalue weighted by Gasteiger charge is 2.32. The van der Waals surface area contributed by atoms with Crippen molar-refractivity contribution in [1.29, 1.82) is 0 Å². The van der Waals surface area contributed by atoms with Gasteiger partial charge in [-0.1, -0.05) is 60.7 Å². The van der Waals surface area contributed by atoms with Crippen molar-refractivity contribution in [3.63, 3.8) is 0 Å². The fraction of sp³-hybridized carbons (Fsp3) is 0.368. The Bertz CT molecular complexity index is 554. The van der Waals surface area contributed by atoms with E-state index in [1.54, 1.807) is 0 Å². The number of hydrogen-bond donors (Lipinski definition) is 1. The first-order chi connectivity index (χ1) is 10.3. The third kappa shape index (κ3) is 4.10. The Morgan fingerprint density at radius 2 is 1.41 bits per heavy atom. The maximum Gasteiger partial charge on any atom is 0.106 e. The second kappa shape index (κ2) is 7.77. The van der Waals surface area contributed by atoms with Crippen molar-refractivity contribution in [3.05, 3.63) is 71.8 Å². The molecular formula is C19H24ClNO. The Kier molecular flexibility index (Phi) is 6.01. The molecule has 1 heterocycles. The van der Waals surface area contributed by atoms with Gasteiger partial charge in [0.25, 0.3) is 0 Å². The molecule has 0 aromatic heterocycles. The highest BCUT2D eigenvalue weighted by Crippen LogP contribution is 2.28. The van der Waals surface area contributed by atoms with E-state index in [0.717, 1.165) is 18.7 Å². The molecule has 1 saturated heterocycles. The smallest absolute Gasteiger partial charge is 0.106 e. The third-order valence-corrected chi connectivity index (χ3v) is 4.33. The number of hydrogen-bond acceptors (Lipinski definition) is 2. The van der Waals surface area contributed by atoms with E-state index in [4.69, 9.17) is 0 Å². The quantitative estimate of drug-likeness (QED) is 0.910. The first kappa shape index (κ1) is 17.0. The van der Waals surface area contributed by atoms with E-state index < -0.39 is 5.60 Å². The highest BCUT2D eigenvalue weighted by atomic mass is 35.5. The number of rotatable bonds is 5. The number of aliphatic hydroxyl groups is 1. The summed E-state index contributed by atoms with van der Waals surface area (Å²) >= 11 is 0. The highest BCUT2D eigenvalue weighted by molar-refractivity contribution is 5.85. The zero-order valence-electron chi connectivity index (χ0n) is 12.8. The minimum absolute atomic E-state index is 0. The molecule has 1 aliphatic heterocycles. The van der Waals surface area contributed by atoms with Gasteiger partial charge in [-0.25, -0.2) is 0 Å². The van der Waals surface area contributed by atoms with Crippen molar-refractivity contribution in [1.82, 2.24) is 4.90 Å². The topological polar surface area (TPSA) is 23.5 Å². The van der Waals surface area contributed by atoms with Gasteiger partial charge in [-0.05, 0) is 37.1 Å². The predicted octanol–water partition coefficient (Wildman–Crippen LogP) is 3.63. The number of benzene rings is 2. The first-order valence-corrected chi connectivity index (χ1v) is 7.80. The van der Waals surface area contributed by atoms with Crippen LogP contribution in [0.3, 0.4) is 0 Å². The van der Waals surface area contributed by atoms with E-state index in [-0.39, 0.29) is 12.4 Å². The van der Waals surface area contributed by atoms with E-state index in [9.17, 15) is 5.11 Å².